The molecular formula is C15H8O5. The minimum absolute atomic E-state index is 0.0279. The summed E-state index contributed by atoms with van der Waals surface area (Å²) in [5, 5.41) is 9.83. The van der Waals surface area contributed by atoms with E-state index in [0.29, 0.717) is 11.5 Å². The Hall–Kier alpha value is -2.82. The number of fused-ring (bicyclic) bond motifs is 4. The molecule has 0 spiro atoms. The molecule has 5 nitrogen and oxygen atoms in total. The number of aromatic hydroxyl groups is 1. The largest absolute Gasteiger partial charge is 0.507 e. The van der Waals surface area contributed by atoms with Crippen molar-refractivity contribution in [2.75, 3.05) is 6.79 Å². The third kappa shape index (κ3) is 1.21. The summed E-state index contributed by atoms with van der Waals surface area (Å²) in [6, 6.07) is 7.57. The van der Waals surface area contributed by atoms with Gasteiger partial charge in [0.2, 0.25) is 6.79 Å². The third-order valence-corrected chi connectivity index (χ3v) is 3.53. The standard InChI is InChI=1S/C15H8O5/c16-9-3-1-2-7-11(9)13(17)8-4-5-10-15(20-6-19-10)12(8)14(7)18/h1-5,16H,6H2. The fraction of sp³-hybridized carbons (Fsp3) is 0.0667. The molecule has 1 N–H and O–H groups in total. The number of hydrogen-bond acceptors (Lipinski definition) is 5. The zero-order valence-electron chi connectivity index (χ0n) is 10.2. The Morgan fingerprint density at radius 3 is 2.50 bits per heavy atom. The van der Waals surface area contributed by atoms with Crippen LogP contribution in [-0.4, -0.2) is 23.5 Å². The lowest BCUT2D eigenvalue weighted by Gasteiger charge is -2.19. The minimum atomic E-state index is -0.383. The maximum Gasteiger partial charge on any atom is 0.231 e. The Morgan fingerprint density at radius 2 is 1.65 bits per heavy atom. The van der Waals surface area contributed by atoms with Crippen molar-refractivity contribution in [3.05, 3.63) is 52.6 Å². The lowest BCUT2D eigenvalue weighted by molar-refractivity contribution is 0.0972. The van der Waals surface area contributed by atoms with Gasteiger partial charge in [0.05, 0.1) is 11.1 Å². The molecule has 0 unspecified atom stereocenters. The molecule has 2 aromatic carbocycles. The molecule has 1 aliphatic carbocycles. The van der Waals surface area contributed by atoms with Crippen LogP contribution >= 0.6 is 0 Å². The summed E-state index contributed by atoms with van der Waals surface area (Å²) in [6.07, 6.45) is 0. The molecule has 98 valence electrons. The molecule has 0 saturated carbocycles. The summed E-state index contributed by atoms with van der Waals surface area (Å²) >= 11 is 0. The van der Waals surface area contributed by atoms with Gasteiger partial charge in [0.25, 0.3) is 0 Å². The van der Waals surface area contributed by atoms with Gasteiger partial charge in [-0.15, -0.1) is 0 Å². The van der Waals surface area contributed by atoms with Crippen LogP contribution in [0.25, 0.3) is 0 Å². The molecule has 0 radical (unpaired) electrons. The van der Waals surface area contributed by atoms with Crippen LogP contribution in [0.5, 0.6) is 17.2 Å². The van der Waals surface area contributed by atoms with Gasteiger partial charge in [-0.1, -0.05) is 12.1 Å². The van der Waals surface area contributed by atoms with Crippen molar-refractivity contribution in [1.29, 1.82) is 0 Å². The van der Waals surface area contributed by atoms with Crippen molar-refractivity contribution in [1.82, 2.24) is 0 Å². The van der Waals surface area contributed by atoms with E-state index in [9.17, 15) is 14.7 Å². The molecule has 5 heteroatoms. The molecule has 0 fully saturated rings. The zero-order chi connectivity index (χ0) is 13.9. The average Bonchev–Trinajstić information content (AvgIpc) is 2.92. The highest BCUT2D eigenvalue weighted by Crippen LogP contribution is 2.43. The maximum atomic E-state index is 12.6. The topological polar surface area (TPSA) is 72.8 Å². The predicted octanol–water partition coefficient (Wildman–Crippen LogP) is 1.90. The summed E-state index contributed by atoms with van der Waals surface area (Å²) in [5.41, 5.74) is 0.673. The number of carbonyl (C=O) groups excluding carboxylic acids is 2. The molecule has 4 rings (SSSR count). The Kier molecular flexibility index (Phi) is 1.99. The summed E-state index contributed by atoms with van der Waals surface area (Å²) < 4.78 is 10.5. The van der Waals surface area contributed by atoms with Crippen molar-refractivity contribution in [3.8, 4) is 17.2 Å². The number of rotatable bonds is 0. The van der Waals surface area contributed by atoms with E-state index in [2.05, 4.69) is 0 Å². The third-order valence-electron chi connectivity index (χ3n) is 3.53. The summed E-state index contributed by atoms with van der Waals surface area (Å²) in [7, 11) is 0. The maximum absolute atomic E-state index is 12.6. The van der Waals surface area contributed by atoms with Gasteiger partial charge >= 0.3 is 0 Å². The Balaban J connectivity index is 2.06. The second kappa shape index (κ2) is 3.60. The van der Waals surface area contributed by atoms with E-state index in [1.807, 2.05) is 0 Å². The SMILES string of the molecule is O=C1c2ccc3c(c2C(=O)c2cccc(O)c21)OCO3. The highest BCUT2D eigenvalue weighted by atomic mass is 16.7. The van der Waals surface area contributed by atoms with E-state index < -0.39 is 0 Å². The van der Waals surface area contributed by atoms with Gasteiger partial charge in [-0.25, -0.2) is 0 Å². The number of phenols is 1. The van der Waals surface area contributed by atoms with Crippen LogP contribution in [0.15, 0.2) is 30.3 Å². The van der Waals surface area contributed by atoms with Gasteiger partial charge in [0.15, 0.2) is 23.1 Å². The molecule has 1 heterocycles. The number of phenolic OH excluding ortho intramolecular Hbond substituents is 1. The predicted molar refractivity (Wildman–Crippen MR) is 67.5 cm³/mol. The van der Waals surface area contributed by atoms with Crippen molar-refractivity contribution >= 4 is 11.6 Å². The first kappa shape index (κ1) is 11.0. The summed E-state index contributed by atoms with van der Waals surface area (Å²) in [6.45, 7) is 0.0279. The van der Waals surface area contributed by atoms with Gasteiger partial charge in [-0.2, -0.15) is 0 Å². The highest BCUT2D eigenvalue weighted by molar-refractivity contribution is 6.30. The second-order valence-electron chi connectivity index (χ2n) is 4.58. The van der Waals surface area contributed by atoms with Crippen LogP contribution in [0.2, 0.25) is 0 Å². The van der Waals surface area contributed by atoms with E-state index >= 15 is 0 Å². The number of ether oxygens (including phenoxy) is 2. The highest BCUT2D eigenvalue weighted by Gasteiger charge is 2.36. The molecule has 0 atom stereocenters. The monoisotopic (exact) mass is 268 g/mol. The molecule has 0 aromatic heterocycles. The molecule has 0 bridgehead atoms. The fourth-order valence-electron chi connectivity index (χ4n) is 2.62. The van der Waals surface area contributed by atoms with Crippen molar-refractivity contribution in [3.63, 3.8) is 0 Å². The molecule has 0 saturated heterocycles. The van der Waals surface area contributed by atoms with Gasteiger partial charge in [-0.3, -0.25) is 9.59 Å². The average molecular weight is 268 g/mol. The number of benzene rings is 2. The van der Waals surface area contributed by atoms with Gasteiger partial charge in [-0.05, 0) is 18.2 Å². The van der Waals surface area contributed by atoms with Crippen molar-refractivity contribution in [2.45, 2.75) is 0 Å². The van der Waals surface area contributed by atoms with Crippen molar-refractivity contribution in [2.24, 2.45) is 0 Å². The Bertz CT molecular complexity index is 791. The van der Waals surface area contributed by atoms with Crippen molar-refractivity contribution < 1.29 is 24.2 Å². The zero-order valence-corrected chi connectivity index (χ0v) is 10.2. The lowest BCUT2D eigenvalue weighted by Crippen LogP contribution is -2.21. The van der Waals surface area contributed by atoms with Crippen LogP contribution in [0.1, 0.15) is 31.8 Å². The molecule has 0 amide bonds. The molecule has 2 aromatic rings. The summed E-state index contributed by atoms with van der Waals surface area (Å²) in [5.74, 6) is -0.161. The second-order valence-corrected chi connectivity index (χ2v) is 4.58. The quantitative estimate of drug-likeness (QED) is 0.674. The molecule has 2 aliphatic rings. The van der Waals surface area contributed by atoms with Crippen LogP contribution in [0, 0.1) is 0 Å². The Morgan fingerprint density at radius 1 is 0.900 bits per heavy atom. The molecule has 1 aliphatic heterocycles. The van der Waals surface area contributed by atoms with Gasteiger partial charge in [0.1, 0.15) is 5.75 Å². The van der Waals surface area contributed by atoms with E-state index in [0.717, 1.165) is 0 Å². The number of ketones is 2. The minimum Gasteiger partial charge on any atom is -0.507 e. The first-order valence-corrected chi connectivity index (χ1v) is 6.02. The van der Waals surface area contributed by atoms with E-state index in [-0.39, 0.29) is 46.4 Å². The Labute approximate surface area is 113 Å². The normalized spacial score (nSPS) is 15.0. The van der Waals surface area contributed by atoms with E-state index in [4.69, 9.17) is 9.47 Å². The van der Waals surface area contributed by atoms with Crippen LogP contribution < -0.4 is 9.47 Å². The van der Waals surface area contributed by atoms with E-state index in [1.54, 1.807) is 6.07 Å². The van der Waals surface area contributed by atoms with Crippen LogP contribution in [0.4, 0.5) is 0 Å². The van der Waals surface area contributed by atoms with E-state index in [1.165, 1.54) is 24.3 Å². The van der Waals surface area contributed by atoms with Gasteiger partial charge in [0, 0.05) is 11.1 Å². The first-order chi connectivity index (χ1) is 9.68. The van der Waals surface area contributed by atoms with Crippen LogP contribution in [0.3, 0.4) is 0 Å². The van der Waals surface area contributed by atoms with Gasteiger partial charge < -0.3 is 14.6 Å². The van der Waals surface area contributed by atoms with Crippen LogP contribution in [-0.2, 0) is 0 Å². The molecule has 20 heavy (non-hydrogen) atoms. The smallest absolute Gasteiger partial charge is 0.231 e. The summed E-state index contributed by atoms with van der Waals surface area (Å²) in [4.78, 5) is 25.0. The fourth-order valence-corrected chi connectivity index (χ4v) is 2.62. The number of carbonyl (C=O) groups is 2. The lowest BCUT2D eigenvalue weighted by atomic mass is 9.83. The number of hydrogen-bond donors (Lipinski definition) is 1. The molecular weight excluding hydrogens is 260 g/mol. The first-order valence-electron chi connectivity index (χ1n) is 6.02.